The van der Waals surface area contributed by atoms with Crippen molar-refractivity contribution in [3.05, 3.63) is 44.4 Å². The zero-order chi connectivity index (χ0) is 12.4. The molecule has 1 aromatic carbocycles. The van der Waals surface area contributed by atoms with Gasteiger partial charge in [-0.3, -0.25) is 10.1 Å². The quantitative estimate of drug-likeness (QED) is 0.485. The molecular formula is C10H6Cl2N2O2S. The first kappa shape index (κ1) is 12.3. The van der Waals surface area contributed by atoms with Gasteiger partial charge in [0, 0.05) is 17.0 Å². The Morgan fingerprint density at radius 3 is 2.82 bits per heavy atom. The zero-order valence-electron chi connectivity index (χ0n) is 8.39. The van der Waals surface area contributed by atoms with Gasteiger partial charge in [-0.15, -0.1) is 22.9 Å². The molecule has 1 heterocycles. The average molecular weight is 289 g/mol. The molecule has 0 unspecified atom stereocenters. The number of hydrogen-bond donors (Lipinski definition) is 0. The van der Waals surface area contributed by atoms with Gasteiger partial charge < -0.3 is 0 Å². The average Bonchev–Trinajstić information content (AvgIpc) is 2.78. The molecule has 0 saturated heterocycles. The molecule has 2 aromatic rings. The molecule has 0 spiro atoms. The summed E-state index contributed by atoms with van der Waals surface area (Å²) in [5.41, 5.74) is 1.30. The standard InChI is InChI=1S/C10H6Cl2N2O2S/c11-4-7-5-17-10(13-7)6-1-2-8(12)9(3-6)14(15)16/h1-3,5H,4H2. The van der Waals surface area contributed by atoms with Gasteiger partial charge in [-0.05, 0) is 12.1 Å². The van der Waals surface area contributed by atoms with Crippen molar-refractivity contribution in [1.29, 1.82) is 0 Å². The Bertz CT molecular complexity index is 571. The molecule has 0 aliphatic heterocycles. The van der Waals surface area contributed by atoms with Gasteiger partial charge in [0.05, 0.1) is 16.5 Å². The lowest BCUT2D eigenvalue weighted by Gasteiger charge is -1.98. The molecule has 1 aromatic heterocycles. The fourth-order valence-electron chi connectivity index (χ4n) is 1.29. The topological polar surface area (TPSA) is 56.0 Å². The summed E-state index contributed by atoms with van der Waals surface area (Å²) in [6, 6.07) is 4.61. The minimum absolute atomic E-state index is 0.118. The van der Waals surface area contributed by atoms with Crippen LogP contribution < -0.4 is 0 Å². The van der Waals surface area contributed by atoms with Gasteiger partial charge in [0.25, 0.3) is 5.69 Å². The number of benzene rings is 1. The van der Waals surface area contributed by atoms with E-state index in [1.54, 1.807) is 6.07 Å². The highest BCUT2D eigenvalue weighted by Crippen LogP contribution is 2.31. The van der Waals surface area contributed by atoms with Gasteiger partial charge in [0.2, 0.25) is 0 Å². The number of halogens is 2. The molecule has 0 aliphatic rings. The summed E-state index contributed by atoms with van der Waals surface area (Å²) < 4.78 is 0. The van der Waals surface area contributed by atoms with E-state index in [9.17, 15) is 10.1 Å². The van der Waals surface area contributed by atoms with Crippen molar-refractivity contribution < 1.29 is 4.92 Å². The third-order valence-electron chi connectivity index (χ3n) is 2.08. The van der Waals surface area contributed by atoms with E-state index in [0.29, 0.717) is 16.5 Å². The molecule has 0 N–H and O–H groups in total. The summed E-state index contributed by atoms with van der Waals surface area (Å²) >= 11 is 12.8. The summed E-state index contributed by atoms with van der Waals surface area (Å²) in [4.78, 5) is 14.5. The lowest BCUT2D eigenvalue weighted by Crippen LogP contribution is -1.90. The van der Waals surface area contributed by atoms with Crippen LogP contribution in [0.2, 0.25) is 5.02 Å². The Hall–Kier alpha value is -1.17. The van der Waals surface area contributed by atoms with Crippen LogP contribution in [0.15, 0.2) is 23.6 Å². The lowest BCUT2D eigenvalue weighted by atomic mass is 10.2. The second-order valence-electron chi connectivity index (χ2n) is 3.20. The van der Waals surface area contributed by atoms with E-state index in [1.165, 1.54) is 23.5 Å². The number of aromatic nitrogens is 1. The van der Waals surface area contributed by atoms with Crippen LogP contribution in [0.25, 0.3) is 10.6 Å². The minimum Gasteiger partial charge on any atom is -0.258 e. The van der Waals surface area contributed by atoms with E-state index in [1.807, 2.05) is 5.38 Å². The highest BCUT2D eigenvalue weighted by Gasteiger charge is 2.14. The zero-order valence-corrected chi connectivity index (χ0v) is 10.7. The molecule has 2 rings (SSSR count). The largest absolute Gasteiger partial charge is 0.288 e. The molecule has 0 amide bonds. The molecule has 4 nitrogen and oxygen atoms in total. The number of nitrogens with zero attached hydrogens (tertiary/aromatic N) is 2. The molecule has 7 heteroatoms. The van der Waals surface area contributed by atoms with Crippen LogP contribution in [0.1, 0.15) is 5.69 Å². The van der Waals surface area contributed by atoms with Gasteiger partial charge in [-0.25, -0.2) is 4.98 Å². The first-order valence-corrected chi connectivity index (χ1v) is 6.35. The highest BCUT2D eigenvalue weighted by atomic mass is 35.5. The molecule has 0 aliphatic carbocycles. The summed E-state index contributed by atoms with van der Waals surface area (Å²) in [5, 5.41) is 13.4. The summed E-state index contributed by atoms with van der Waals surface area (Å²) in [7, 11) is 0. The Kier molecular flexibility index (Phi) is 3.61. The Labute approximate surface area is 111 Å². The van der Waals surface area contributed by atoms with E-state index >= 15 is 0 Å². The maximum Gasteiger partial charge on any atom is 0.288 e. The van der Waals surface area contributed by atoms with Gasteiger partial charge >= 0.3 is 0 Å². The van der Waals surface area contributed by atoms with Crippen LogP contribution in [0.5, 0.6) is 0 Å². The molecule has 17 heavy (non-hydrogen) atoms. The van der Waals surface area contributed by atoms with Crippen LogP contribution in [0.4, 0.5) is 5.69 Å². The Morgan fingerprint density at radius 1 is 1.47 bits per heavy atom. The van der Waals surface area contributed by atoms with E-state index in [4.69, 9.17) is 23.2 Å². The molecular weight excluding hydrogens is 283 g/mol. The first-order chi connectivity index (χ1) is 8.11. The number of hydrogen-bond acceptors (Lipinski definition) is 4. The third-order valence-corrected chi connectivity index (χ3v) is 3.61. The fraction of sp³-hybridized carbons (Fsp3) is 0.100. The molecule has 0 fully saturated rings. The maximum atomic E-state index is 10.7. The molecule has 0 bridgehead atoms. The molecule has 0 atom stereocenters. The Balaban J connectivity index is 2.46. The van der Waals surface area contributed by atoms with Crippen molar-refractivity contribution in [2.24, 2.45) is 0 Å². The number of nitro benzene ring substituents is 1. The number of rotatable bonds is 3. The second kappa shape index (κ2) is 5.00. The van der Waals surface area contributed by atoms with Gasteiger partial charge in [-0.1, -0.05) is 11.6 Å². The fourth-order valence-corrected chi connectivity index (χ4v) is 2.52. The van der Waals surface area contributed by atoms with E-state index in [2.05, 4.69) is 4.98 Å². The number of nitro groups is 1. The summed E-state index contributed by atoms with van der Waals surface area (Å²) in [5.74, 6) is 0.326. The van der Waals surface area contributed by atoms with Crippen molar-refractivity contribution in [3.63, 3.8) is 0 Å². The predicted molar refractivity (Wildman–Crippen MR) is 68.8 cm³/mol. The third kappa shape index (κ3) is 2.57. The van der Waals surface area contributed by atoms with E-state index < -0.39 is 4.92 Å². The van der Waals surface area contributed by atoms with Crippen LogP contribution in [-0.4, -0.2) is 9.91 Å². The molecule has 0 saturated carbocycles. The Morgan fingerprint density at radius 2 is 2.24 bits per heavy atom. The number of thiazole rings is 1. The van der Waals surface area contributed by atoms with Crippen molar-refractivity contribution in [2.45, 2.75) is 5.88 Å². The van der Waals surface area contributed by atoms with Crippen LogP contribution in [0.3, 0.4) is 0 Å². The monoisotopic (exact) mass is 288 g/mol. The predicted octanol–water partition coefficient (Wildman–Crippen LogP) is 4.11. The number of alkyl halides is 1. The normalized spacial score (nSPS) is 10.5. The summed E-state index contributed by atoms with van der Waals surface area (Å²) in [6.45, 7) is 0. The SMILES string of the molecule is O=[N+]([O-])c1cc(-c2nc(CCl)cs2)ccc1Cl. The van der Waals surface area contributed by atoms with Gasteiger partial charge in [0.15, 0.2) is 0 Å². The lowest BCUT2D eigenvalue weighted by molar-refractivity contribution is -0.384. The van der Waals surface area contributed by atoms with Crippen molar-refractivity contribution in [2.75, 3.05) is 0 Å². The van der Waals surface area contributed by atoms with Crippen LogP contribution in [-0.2, 0) is 5.88 Å². The minimum atomic E-state index is -0.512. The highest BCUT2D eigenvalue weighted by molar-refractivity contribution is 7.13. The van der Waals surface area contributed by atoms with Crippen LogP contribution >= 0.6 is 34.5 Å². The van der Waals surface area contributed by atoms with Crippen molar-refractivity contribution in [1.82, 2.24) is 4.98 Å². The van der Waals surface area contributed by atoms with Crippen molar-refractivity contribution in [3.8, 4) is 10.6 Å². The summed E-state index contributed by atoms with van der Waals surface area (Å²) in [6.07, 6.45) is 0. The van der Waals surface area contributed by atoms with E-state index in [0.717, 1.165) is 5.69 Å². The second-order valence-corrected chi connectivity index (χ2v) is 4.73. The first-order valence-electron chi connectivity index (χ1n) is 4.56. The van der Waals surface area contributed by atoms with Gasteiger partial charge in [0.1, 0.15) is 10.0 Å². The van der Waals surface area contributed by atoms with Crippen LogP contribution in [0, 0.1) is 10.1 Å². The molecule has 88 valence electrons. The maximum absolute atomic E-state index is 10.7. The smallest absolute Gasteiger partial charge is 0.258 e. The molecule has 0 radical (unpaired) electrons. The van der Waals surface area contributed by atoms with Crippen molar-refractivity contribution >= 4 is 40.2 Å². The van der Waals surface area contributed by atoms with E-state index in [-0.39, 0.29) is 10.7 Å². The van der Waals surface area contributed by atoms with Gasteiger partial charge in [-0.2, -0.15) is 0 Å².